The average molecular weight is 284 g/mol. The zero-order valence-corrected chi connectivity index (χ0v) is 13.1. The van der Waals surface area contributed by atoms with E-state index in [0.717, 1.165) is 30.7 Å². The molecule has 0 fully saturated rings. The Bertz CT molecular complexity index is 551. The van der Waals surface area contributed by atoms with Gasteiger partial charge in [0.05, 0.1) is 0 Å². The molecule has 1 atom stereocenters. The number of aromatic nitrogens is 1. The third kappa shape index (κ3) is 4.30. The maximum atomic E-state index is 5.96. The first-order chi connectivity index (χ1) is 10.2. The van der Waals surface area contributed by atoms with Gasteiger partial charge < -0.3 is 10.1 Å². The minimum absolute atomic E-state index is 0.220. The molecule has 0 aliphatic carbocycles. The Balaban J connectivity index is 2.15. The molecule has 2 rings (SSSR count). The summed E-state index contributed by atoms with van der Waals surface area (Å²) in [4.78, 5) is 4.37. The summed E-state index contributed by atoms with van der Waals surface area (Å²) in [6.07, 6.45) is 4.03. The molecule has 1 aromatic carbocycles. The van der Waals surface area contributed by atoms with Crippen LogP contribution < -0.4 is 10.1 Å². The number of hydrogen-bond acceptors (Lipinski definition) is 3. The lowest BCUT2D eigenvalue weighted by atomic mass is 10.1. The second kappa shape index (κ2) is 7.79. The van der Waals surface area contributed by atoms with Crippen LogP contribution in [0.1, 0.15) is 44.4 Å². The Hall–Kier alpha value is -1.87. The summed E-state index contributed by atoms with van der Waals surface area (Å²) >= 11 is 0. The first-order valence-corrected chi connectivity index (χ1v) is 7.69. The second-order valence-electron chi connectivity index (χ2n) is 5.17. The van der Waals surface area contributed by atoms with Gasteiger partial charge in [-0.2, -0.15) is 0 Å². The lowest BCUT2D eigenvalue weighted by molar-refractivity contribution is 0.444. The molecule has 3 heteroatoms. The zero-order chi connectivity index (χ0) is 15.1. The first-order valence-electron chi connectivity index (χ1n) is 7.69. The van der Waals surface area contributed by atoms with E-state index in [1.165, 1.54) is 5.56 Å². The fourth-order valence-corrected chi connectivity index (χ4v) is 2.36. The maximum absolute atomic E-state index is 5.96. The molecule has 0 saturated carbocycles. The van der Waals surface area contributed by atoms with Crippen molar-refractivity contribution < 1.29 is 4.74 Å². The van der Waals surface area contributed by atoms with Gasteiger partial charge in [0.15, 0.2) is 0 Å². The van der Waals surface area contributed by atoms with Gasteiger partial charge in [0.2, 0.25) is 5.88 Å². The molecule has 3 nitrogen and oxygen atoms in total. The number of benzene rings is 1. The van der Waals surface area contributed by atoms with Gasteiger partial charge in [0.1, 0.15) is 5.75 Å². The Morgan fingerprint density at radius 3 is 2.57 bits per heavy atom. The highest BCUT2D eigenvalue weighted by atomic mass is 16.5. The van der Waals surface area contributed by atoms with E-state index in [4.69, 9.17) is 4.74 Å². The predicted molar refractivity (Wildman–Crippen MR) is 86.8 cm³/mol. The molecule has 1 aromatic heterocycles. The molecule has 0 aliphatic rings. The molecule has 112 valence electrons. The summed E-state index contributed by atoms with van der Waals surface area (Å²) < 4.78 is 5.96. The zero-order valence-electron chi connectivity index (χ0n) is 13.1. The number of aryl methyl sites for hydroxylation is 1. The van der Waals surface area contributed by atoms with E-state index in [1.807, 2.05) is 18.2 Å². The molecule has 1 heterocycles. The van der Waals surface area contributed by atoms with Crippen molar-refractivity contribution in [2.75, 3.05) is 6.54 Å². The van der Waals surface area contributed by atoms with Crippen molar-refractivity contribution in [1.29, 1.82) is 0 Å². The first kappa shape index (κ1) is 15.5. The summed E-state index contributed by atoms with van der Waals surface area (Å²) in [5.74, 6) is 1.51. The van der Waals surface area contributed by atoms with Gasteiger partial charge in [-0.15, -0.1) is 0 Å². The average Bonchev–Trinajstić information content (AvgIpc) is 2.50. The molecular weight excluding hydrogens is 260 g/mol. The van der Waals surface area contributed by atoms with Crippen LogP contribution in [0.3, 0.4) is 0 Å². The molecular formula is C18H24N2O. The fraction of sp³-hybridized carbons (Fsp3) is 0.389. The summed E-state index contributed by atoms with van der Waals surface area (Å²) in [6, 6.07) is 12.5. The van der Waals surface area contributed by atoms with Gasteiger partial charge >= 0.3 is 0 Å². The van der Waals surface area contributed by atoms with E-state index in [9.17, 15) is 0 Å². The van der Waals surface area contributed by atoms with Gasteiger partial charge in [0, 0.05) is 17.8 Å². The van der Waals surface area contributed by atoms with Crippen LogP contribution in [0, 0.1) is 0 Å². The van der Waals surface area contributed by atoms with Crippen LogP contribution in [0.5, 0.6) is 11.6 Å². The van der Waals surface area contributed by atoms with E-state index < -0.39 is 0 Å². The predicted octanol–water partition coefficient (Wildman–Crippen LogP) is 4.50. The smallest absolute Gasteiger partial charge is 0.223 e. The number of pyridine rings is 1. The summed E-state index contributed by atoms with van der Waals surface area (Å²) in [7, 11) is 0. The van der Waals surface area contributed by atoms with Crippen LogP contribution in [0.4, 0.5) is 0 Å². The van der Waals surface area contributed by atoms with Crippen molar-refractivity contribution in [3.05, 3.63) is 53.7 Å². The van der Waals surface area contributed by atoms with Crippen LogP contribution >= 0.6 is 0 Å². The van der Waals surface area contributed by atoms with Crippen molar-refractivity contribution in [2.24, 2.45) is 0 Å². The third-order valence-corrected chi connectivity index (χ3v) is 3.45. The molecule has 2 aromatic rings. The quantitative estimate of drug-likeness (QED) is 0.813. The molecule has 0 spiro atoms. The number of ether oxygens (including phenoxy) is 1. The minimum Gasteiger partial charge on any atom is -0.439 e. The van der Waals surface area contributed by atoms with E-state index in [1.54, 1.807) is 6.20 Å². The standard InChI is InChI=1S/C18H24N2O/c1-4-7-15-9-11-16(12-10-15)21-18-17(8-6-13-20-18)14(3)19-5-2/h6,8-14,19H,4-5,7H2,1-3H3. The lowest BCUT2D eigenvalue weighted by Gasteiger charge is -2.16. The van der Waals surface area contributed by atoms with E-state index in [0.29, 0.717) is 5.88 Å². The number of nitrogens with zero attached hydrogens (tertiary/aromatic N) is 1. The SMILES string of the molecule is CCCc1ccc(Oc2ncccc2C(C)NCC)cc1. The van der Waals surface area contributed by atoms with Crippen LogP contribution in [-0.4, -0.2) is 11.5 Å². The molecule has 0 bridgehead atoms. The Kier molecular flexibility index (Phi) is 5.76. The lowest BCUT2D eigenvalue weighted by Crippen LogP contribution is -2.18. The fourth-order valence-electron chi connectivity index (χ4n) is 2.36. The maximum Gasteiger partial charge on any atom is 0.223 e. The van der Waals surface area contributed by atoms with Crippen LogP contribution in [0.2, 0.25) is 0 Å². The van der Waals surface area contributed by atoms with Gasteiger partial charge in [0.25, 0.3) is 0 Å². The Morgan fingerprint density at radius 2 is 1.90 bits per heavy atom. The van der Waals surface area contributed by atoms with E-state index in [-0.39, 0.29) is 6.04 Å². The minimum atomic E-state index is 0.220. The van der Waals surface area contributed by atoms with E-state index >= 15 is 0 Å². The van der Waals surface area contributed by atoms with Crippen molar-refractivity contribution in [3.8, 4) is 11.6 Å². The molecule has 0 aliphatic heterocycles. The molecule has 0 radical (unpaired) electrons. The topological polar surface area (TPSA) is 34.1 Å². The highest BCUT2D eigenvalue weighted by Crippen LogP contribution is 2.27. The Morgan fingerprint density at radius 1 is 1.14 bits per heavy atom. The summed E-state index contributed by atoms with van der Waals surface area (Å²) in [5.41, 5.74) is 2.42. The van der Waals surface area contributed by atoms with Crippen LogP contribution in [0.15, 0.2) is 42.6 Å². The van der Waals surface area contributed by atoms with E-state index in [2.05, 4.69) is 49.3 Å². The Labute approximate surface area is 127 Å². The van der Waals surface area contributed by atoms with Crippen LogP contribution in [-0.2, 0) is 6.42 Å². The van der Waals surface area contributed by atoms with Gasteiger partial charge in [-0.3, -0.25) is 0 Å². The van der Waals surface area contributed by atoms with Crippen molar-refractivity contribution in [1.82, 2.24) is 10.3 Å². The number of rotatable bonds is 7. The van der Waals surface area contributed by atoms with Crippen molar-refractivity contribution >= 4 is 0 Å². The highest BCUT2D eigenvalue weighted by Gasteiger charge is 2.12. The summed E-state index contributed by atoms with van der Waals surface area (Å²) in [6.45, 7) is 7.32. The van der Waals surface area contributed by atoms with Gasteiger partial charge in [-0.25, -0.2) is 4.98 Å². The van der Waals surface area contributed by atoms with Crippen molar-refractivity contribution in [2.45, 2.75) is 39.7 Å². The molecule has 21 heavy (non-hydrogen) atoms. The normalized spacial score (nSPS) is 12.1. The van der Waals surface area contributed by atoms with Crippen LogP contribution in [0.25, 0.3) is 0 Å². The molecule has 1 unspecified atom stereocenters. The van der Waals surface area contributed by atoms with Gasteiger partial charge in [-0.05, 0) is 43.7 Å². The molecule has 1 N–H and O–H groups in total. The number of nitrogens with one attached hydrogen (secondary N) is 1. The molecule has 0 saturated heterocycles. The monoisotopic (exact) mass is 284 g/mol. The second-order valence-corrected chi connectivity index (χ2v) is 5.17. The summed E-state index contributed by atoms with van der Waals surface area (Å²) in [5, 5.41) is 3.39. The highest BCUT2D eigenvalue weighted by molar-refractivity contribution is 5.35. The third-order valence-electron chi connectivity index (χ3n) is 3.45. The number of hydrogen-bond donors (Lipinski definition) is 1. The van der Waals surface area contributed by atoms with Crippen molar-refractivity contribution in [3.63, 3.8) is 0 Å². The largest absolute Gasteiger partial charge is 0.439 e. The molecule has 0 amide bonds. The van der Waals surface area contributed by atoms with Gasteiger partial charge in [-0.1, -0.05) is 38.5 Å².